The van der Waals surface area contributed by atoms with Gasteiger partial charge in [-0.2, -0.15) is 0 Å². The number of methoxy groups -OCH3 is 2. The molecular formula is C12H20N2O4S. The second-order valence-electron chi connectivity index (χ2n) is 4.08. The topological polar surface area (TPSA) is 90.6 Å². The minimum atomic E-state index is -3.50. The molecule has 0 aliphatic carbocycles. The van der Waals surface area contributed by atoms with Gasteiger partial charge in [-0.15, -0.1) is 0 Å². The maximum absolute atomic E-state index is 11.9. The molecule has 0 fully saturated rings. The molecule has 0 aliphatic heterocycles. The highest BCUT2D eigenvalue weighted by atomic mass is 32.2. The van der Waals surface area contributed by atoms with Crippen molar-refractivity contribution in [2.24, 2.45) is 5.73 Å². The van der Waals surface area contributed by atoms with Crippen LogP contribution < -0.4 is 15.2 Å². The predicted octanol–water partition coefficient (Wildman–Crippen LogP) is 0.337. The quantitative estimate of drug-likeness (QED) is 0.719. The first-order chi connectivity index (χ1) is 8.99. The van der Waals surface area contributed by atoms with Gasteiger partial charge in [-0.05, 0) is 30.7 Å². The number of hydrogen-bond acceptors (Lipinski definition) is 5. The Morgan fingerprint density at radius 2 is 1.89 bits per heavy atom. The van der Waals surface area contributed by atoms with Crippen molar-refractivity contribution in [1.29, 1.82) is 0 Å². The summed E-state index contributed by atoms with van der Waals surface area (Å²) in [4.78, 5) is 0.202. The third kappa shape index (κ3) is 5.15. The highest BCUT2D eigenvalue weighted by Gasteiger charge is 2.14. The average Bonchev–Trinajstić information content (AvgIpc) is 2.39. The normalized spacial score (nSPS) is 13.2. The Morgan fingerprint density at radius 1 is 1.26 bits per heavy atom. The van der Waals surface area contributed by atoms with E-state index < -0.39 is 10.0 Å². The van der Waals surface area contributed by atoms with Gasteiger partial charge >= 0.3 is 0 Å². The first-order valence-electron chi connectivity index (χ1n) is 5.88. The van der Waals surface area contributed by atoms with Crippen LogP contribution in [0.25, 0.3) is 0 Å². The molecule has 0 aromatic heterocycles. The van der Waals surface area contributed by atoms with Crippen molar-refractivity contribution in [2.75, 3.05) is 27.4 Å². The summed E-state index contributed by atoms with van der Waals surface area (Å²) in [7, 11) is -0.414. The summed E-state index contributed by atoms with van der Waals surface area (Å²) in [6, 6.07) is 6.02. The maximum atomic E-state index is 11.9. The Bertz CT molecular complexity index is 473. The summed E-state index contributed by atoms with van der Waals surface area (Å²) in [6.07, 6.45) is 0.517. The number of nitrogens with two attached hydrogens (primary N) is 1. The second kappa shape index (κ2) is 7.44. The van der Waals surface area contributed by atoms with Gasteiger partial charge in [-0.25, -0.2) is 13.1 Å². The zero-order chi connectivity index (χ0) is 14.3. The van der Waals surface area contributed by atoms with Gasteiger partial charge in [-0.3, -0.25) is 0 Å². The van der Waals surface area contributed by atoms with Crippen LogP contribution in [0.1, 0.15) is 6.42 Å². The number of benzene rings is 1. The van der Waals surface area contributed by atoms with Crippen LogP contribution in [0.15, 0.2) is 29.2 Å². The lowest BCUT2D eigenvalue weighted by atomic mass is 10.2. The molecule has 0 aliphatic rings. The van der Waals surface area contributed by atoms with Crippen LogP contribution >= 0.6 is 0 Å². The van der Waals surface area contributed by atoms with Crippen LogP contribution in [0.2, 0.25) is 0 Å². The molecule has 7 heteroatoms. The van der Waals surface area contributed by atoms with Gasteiger partial charge in [0.25, 0.3) is 0 Å². The Balaban J connectivity index is 2.55. The van der Waals surface area contributed by atoms with Gasteiger partial charge in [0.15, 0.2) is 0 Å². The van der Waals surface area contributed by atoms with E-state index in [1.165, 1.54) is 19.2 Å². The lowest BCUT2D eigenvalue weighted by Crippen LogP contribution is -2.32. The van der Waals surface area contributed by atoms with Gasteiger partial charge in [0.05, 0.1) is 18.6 Å². The minimum Gasteiger partial charge on any atom is -0.497 e. The monoisotopic (exact) mass is 288 g/mol. The van der Waals surface area contributed by atoms with Crippen molar-refractivity contribution in [1.82, 2.24) is 4.72 Å². The molecule has 1 rings (SSSR count). The highest BCUT2D eigenvalue weighted by molar-refractivity contribution is 7.89. The van der Waals surface area contributed by atoms with E-state index in [4.69, 9.17) is 15.2 Å². The van der Waals surface area contributed by atoms with Crippen LogP contribution in [-0.4, -0.2) is 41.8 Å². The highest BCUT2D eigenvalue weighted by Crippen LogP contribution is 2.15. The van der Waals surface area contributed by atoms with E-state index in [1.807, 2.05) is 0 Å². The first-order valence-corrected chi connectivity index (χ1v) is 7.36. The van der Waals surface area contributed by atoms with E-state index in [9.17, 15) is 8.42 Å². The minimum absolute atomic E-state index is 0.177. The van der Waals surface area contributed by atoms with E-state index >= 15 is 0 Å². The Kier molecular flexibility index (Phi) is 6.23. The van der Waals surface area contributed by atoms with Crippen molar-refractivity contribution >= 4 is 10.0 Å². The summed E-state index contributed by atoms with van der Waals surface area (Å²) in [5.74, 6) is 0.612. The summed E-state index contributed by atoms with van der Waals surface area (Å²) in [6.45, 7) is 0.684. The van der Waals surface area contributed by atoms with E-state index in [1.54, 1.807) is 19.2 Å². The van der Waals surface area contributed by atoms with Gasteiger partial charge in [0.2, 0.25) is 10.0 Å². The van der Waals surface area contributed by atoms with Crippen LogP contribution in [0, 0.1) is 0 Å². The lowest BCUT2D eigenvalue weighted by Gasteiger charge is -2.11. The standard InChI is InChI=1S/C12H20N2O4S/c1-17-9-10(13)7-8-14-19(15,16)12-5-3-11(18-2)4-6-12/h3-6,10,14H,7-9,13H2,1-2H3. The third-order valence-electron chi connectivity index (χ3n) is 2.56. The summed E-state index contributed by atoms with van der Waals surface area (Å²) < 4.78 is 36.2. The van der Waals surface area contributed by atoms with Crippen LogP contribution in [0.5, 0.6) is 5.75 Å². The molecule has 1 aromatic rings. The van der Waals surface area contributed by atoms with Gasteiger partial charge in [0, 0.05) is 19.7 Å². The first kappa shape index (κ1) is 15.9. The molecule has 3 N–H and O–H groups in total. The molecule has 0 radical (unpaired) electrons. The number of ether oxygens (including phenoxy) is 2. The van der Waals surface area contributed by atoms with E-state index in [0.29, 0.717) is 18.8 Å². The van der Waals surface area contributed by atoms with Crippen LogP contribution in [-0.2, 0) is 14.8 Å². The van der Waals surface area contributed by atoms with E-state index in [0.717, 1.165) is 0 Å². The summed E-state index contributed by atoms with van der Waals surface area (Å²) >= 11 is 0. The zero-order valence-electron chi connectivity index (χ0n) is 11.1. The fourth-order valence-corrected chi connectivity index (χ4v) is 2.56. The van der Waals surface area contributed by atoms with E-state index in [-0.39, 0.29) is 17.5 Å². The fourth-order valence-electron chi connectivity index (χ4n) is 1.51. The second-order valence-corrected chi connectivity index (χ2v) is 5.84. The van der Waals surface area contributed by atoms with Gasteiger partial charge < -0.3 is 15.2 Å². The lowest BCUT2D eigenvalue weighted by molar-refractivity contribution is 0.177. The molecule has 0 saturated carbocycles. The molecule has 1 atom stereocenters. The van der Waals surface area contributed by atoms with Crippen molar-refractivity contribution in [2.45, 2.75) is 17.4 Å². The van der Waals surface area contributed by atoms with Gasteiger partial charge in [0.1, 0.15) is 5.75 Å². The molecule has 0 spiro atoms. The molecule has 0 saturated heterocycles. The SMILES string of the molecule is COCC(N)CCNS(=O)(=O)c1ccc(OC)cc1. The van der Waals surface area contributed by atoms with Crippen LogP contribution in [0.4, 0.5) is 0 Å². The third-order valence-corrected chi connectivity index (χ3v) is 4.03. The summed E-state index contributed by atoms with van der Waals surface area (Å²) in [5, 5.41) is 0. The number of sulfonamides is 1. The predicted molar refractivity (Wildman–Crippen MR) is 72.7 cm³/mol. The number of hydrogen-bond donors (Lipinski definition) is 2. The van der Waals surface area contributed by atoms with Gasteiger partial charge in [-0.1, -0.05) is 0 Å². The molecule has 6 nitrogen and oxygen atoms in total. The maximum Gasteiger partial charge on any atom is 0.240 e. The van der Waals surface area contributed by atoms with Crippen molar-refractivity contribution in [3.05, 3.63) is 24.3 Å². The van der Waals surface area contributed by atoms with Crippen molar-refractivity contribution < 1.29 is 17.9 Å². The molecule has 0 heterocycles. The van der Waals surface area contributed by atoms with E-state index in [2.05, 4.69) is 4.72 Å². The zero-order valence-corrected chi connectivity index (χ0v) is 11.9. The molecular weight excluding hydrogens is 268 g/mol. The molecule has 1 unspecified atom stereocenters. The fraction of sp³-hybridized carbons (Fsp3) is 0.500. The number of nitrogens with one attached hydrogen (secondary N) is 1. The smallest absolute Gasteiger partial charge is 0.240 e. The molecule has 0 bridgehead atoms. The Morgan fingerprint density at radius 3 is 2.42 bits per heavy atom. The molecule has 19 heavy (non-hydrogen) atoms. The number of rotatable bonds is 8. The largest absolute Gasteiger partial charge is 0.497 e. The van der Waals surface area contributed by atoms with Crippen LogP contribution in [0.3, 0.4) is 0 Å². The Hall–Kier alpha value is -1.15. The van der Waals surface area contributed by atoms with Crippen molar-refractivity contribution in [3.63, 3.8) is 0 Å². The average molecular weight is 288 g/mol. The van der Waals surface area contributed by atoms with Crippen molar-refractivity contribution in [3.8, 4) is 5.75 Å². The molecule has 1 aromatic carbocycles. The Labute approximate surface area is 113 Å². The summed E-state index contributed by atoms with van der Waals surface area (Å²) in [5.41, 5.74) is 5.71. The molecule has 0 amide bonds. The molecule has 108 valence electrons.